The fourth-order valence-corrected chi connectivity index (χ4v) is 2.42. The Morgan fingerprint density at radius 1 is 1.08 bits per heavy atom. The Morgan fingerprint density at radius 3 is 2.42 bits per heavy atom. The summed E-state index contributed by atoms with van der Waals surface area (Å²) in [7, 11) is 0. The predicted molar refractivity (Wildman–Crippen MR) is 93.2 cm³/mol. The van der Waals surface area contributed by atoms with Gasteiger partial charge in [0.15, 0.2) is 6.61 Å². The summed E-state index contributed by atoms with van der Waals surface area (Å²) in [6.07, 6.45) is 0. The standard InChI is InChI=1S/C16H12Cl3NO4/c1-8-2-3-9(14(21)4-8)16(23)24-7-15(22)20-13-6-11(18)10(17)5-12(13)19/h2-6,21H,7H2,1H3,(H,20,22). The van der Waals surface area contributed by atoms with Gasteiger partial charge in [0.05, 0.1) is 20.8 Å². The Morgan fingerprint density at radius 2 is 1.75 bits per heavy atom. The molecule has 0 fully saturated rings. The molecule has 126 valence electrons. The molecule has 0 unspecified atom stereocenters. The molecule has 24 heavy (non-hydrogen) atoms. The summed E-state index contributed by atoms with van der Waals surface area (Å²) in [6.45, 7) is 1.21. The summed E-state index contributed by atoms with van der Waals surface area (Å²) in [5.41, 5.74) is 1.00. The lowest BCUT2D eigenvalue weighted by Crippen LogP contribution is -2.21. The van der Waals surface area contributed by atoms with Crippen molar-refractivity contribution >= 4 is 52.4 Å². The first-order valence-corrected chi connectivity index (χ1v) is 7.82. The van der Waals surface area contributed by atoms with Crippen molar-refractivity contribution in [2.45, 2.75) is 6.92 Å². The van der Waals surface area contributed by atoms with Crippen LogP contribution in [0.25, 0.3) is 0 Å². The van der Waals surface area contributed by atoms with Gasteiger partial charge in [0.1, 0.15) is 11.3 Å². The van der Waals surface area contributed by atoms with Crippen LogP contribution in [-0.4, -0.2) is 23.6 Å². The summed E-state index contributed by atoms with van der Waals surface area (Å²) >= 11 is 17.6. The highest BCUT2D eigenvalue weighted by Gasteiger charge is 2.15. The molecule has 0 aromatic heterocycles. The third kappa shape index (κ3) is 4.54. The molecule has 2 aromatic rings. The normalized spacial score (nSPS) is 10.3. The maximum atomic E-state index is 11.9. The molecule has 2 N–H and O–H groups in total. The van der Waals surface area contributed by atoms with Gasteiger partial charge in [0.2, 0.25) is 0 Å². The molecule has 0 spiro atoms. The monoisotopic (exact) mass is 387 g/mol. The van der Waals surface area contributed by atoms with Gasteiger partial charge in [-0.25, -0.2) is 4.79 Å². The number of hydrogen-bond acceptors (Lipinski definition) is 4. The van der Waals surface area contributed by atoms with Crippen molar-refractivity contribution in [3.63, 3.8) is 0 Å². The minimum atomic E-state index is -0.817. The molecular formula is C16H12Cl3NO4. The van der Waals surface area contributed by atoms with Crippen molar-refractivity contribution in [2.24, 2.45) is 0 Å². The van der Waals surface area contributed by atoms with Crippen molar-refractivity contribution in [1.29, 1.82) is 0 Å². The fraction of sp³-hybridized carbons (Fsp3) is 0.125. The third-order valence-electron chi connectivity index (χ3n) is 2.99. The Bertz CT molecular complexity index is 808. The molecule has 2 rings (SSSR count). The van der Waals surface area contributed by atoms with Crippen LogP contribution in [0.5, 0.6) is 5.75 Å². The average Bonchev–Trinajstić information content (AvgIpc) is 2.50. The highest BCUT2D eigenvalue weighted by Crippen LogP contribution is 2.32. The molecule has 5 nitrogen and oxygen atoms in total. The molecule has 0 saturated carbocycles. The van der Waals surface area contributed by atoms with E-state index in [1.807, 2.05) is 0 Å². The van der Waals surface area contributed by atoms with Crippen molar-refractivity contribution in [1.82, 2.24) is 0 Å². The number of hydrogen-bond donors (Lipinski definition) is 2. The van der Waals surface area contributed by atoms with Gasteiger partial charge in [0, 0.05) is 0 Å². The van der Waals surface area contributed by atoms with E-state index in [2.05, 4.69) is 5.32 Å². The summed E-state index contributed by atoms with van der Waals surface area (Å²) in [4.78, 5) is 23.7. The van der Waals surface area contributed by atoms with Gasteiger partial charge in [-0.1, -0.05) is 40.9 Å². The topological polar surface area (TPSA) is 75.6 Å². The SMILES string of the molecule is Cc1ccc(C(=O)OCC(=O)Nc2cc(Cl)c(Cl)cc2Cl)c(O)c1. The van der Waals surface area contributed by atoms with E-state index in [4.69, 9.17) is 39.5 Å². The maximum Gasteiger partial charge on any atom is 0.342 e. The number of ether oxygens (including phenoxy) is 1. The first-order chi connectivity index (χ1) is 11.3. The Labute approximate surface area is 153 Å². The lowest BCUT2D eigenvalue weighted by Gasteiger charge is -2.10. The van der Waals surface area contributed by atoms with E-state index in [-0.39, 0.29) is 32.1 Å². The van der Waals surface area contributed by atoms with Crippen molar-refractivity contribution < 1.29 is 19.4 Å². The van der Waals surface area contributed by atoms with Crippen LogP contribution in [0.4, 0.5) is 5.69 Å². The number of anilines is 1. The van der Waals surface area contributed by atoms with E-state index in [0.717, 1.165) is 5.56 Å². The molecule has 0 aliphatic heterocycles. The number of phenolic OH excluding ortho intramolecular Hbond substituents is 1. The van der Waals surface area contributed by atoms with Gasteiger partial charge in [-0.15, -0.1) is 0 Å². The van der Waals surface area contributed by atoms with Crippen LogP contribution in [-0.2, 0) is 9.53 Å². The van der Waals surface area contributed by atoms with Gasteiger partial charge in [-0.3, -0.25) is 4.79 Å². The predicted octanol–water partition coefficient (Wildman–Crippen LogP) is 4.46. The van der Waals surface area contributed by atoms with Crippen molar-refractivity contribution in [3.05, 3.63) is 56.5 Å². The zero-order valence-electron chi connectivity index (χ0n) is 12.4. The number of amides is 1. The maximum absolute atomic E-state index is 11.9. The quantitative estimate of drug-likeness (QED) is 0.599. The number of aryl methyl sites for hydroxylation is 1. The Balaban J connectivity index is 1.98. The van der Waals surface area contributed by atoms with Gasteiger partial charge in [-0.05, 0) is 36.8 Å². The summed E-state index contributed by atoms with van der Waals surface area (Å²) in [5, 5.41) is 12.8. The van der Waals surface area contributed by atoms with Gasteiger partial charge < -0.3 is 15.2 Å². The van der Waals surface area contributed by atoms with Crippen LogP contribution in [0.15, 0.2) is 30.3 Å². The molecular weight excluding hydrogens is 377 g/mol. The molecule has 0 heterocycles. The molecule has 8 heteroatoms. The third-order valence-corrected chi connectivity index (χ3v) is 4.03. The summed E-state index contributed by atoms with van der Waals surface area (Å²) in [6, 6.07) is 7.26. The Kier molecular flexibility index (Phi) is 5.94. The Hall–Kier alpha value is -1.95. The molecule has 1 amide bonds. The number of esters is 1. The molecule has 0 aliphatic carbocycles. The highest BCUT2D eigenvalue weighted by atomic mass is 35.5. The number of carbonyl (C=O) groups excluding carboxylic acids is 2. The molecule has 0 radical (unpaired) electrons. The van der Waals surface area contributed by atoms with Crippen molar-refractivity contribution in [3.8, 4) is 5.75 Å². The second-order valence-electron chi connectivity index (χ2n) is 4.89. The van der Waals surface area contributed by atoms with Crippen LogP contribution in [0, 0.1) is 6.92 Å². The fourth-order valence-electron chi connectivity index (χ4n) is 1.83. The van der Waals surface area contributed by atoms with Gasteiger partial charge in [0.25, 0.3) is 5.91 Å². The summed E-state index contributed by atoms with van der Waals surface area (Å²) < 4.78 is 4.86. The first kappa shape index (κ1) is 18.4. The van der Waals surface area contributed by atoms with Crippen LogP contribution >= 0.6 is 34.8 Å². The second-order valence-corrected chi connectivity index (χ2v) is 6.11. The number of rotatable bonds is 4. The minimum absolute atomic E-state index is 0.0269. The van der Waals surface area contributed by atoms with Crippen LogP contribution in [0.2, 0.25) is 15.1 Å². The molecule has 2 aromatic carbocycles. The number of benzene rings is 2. The summed E-state index contributed by atoms with van der Waals surface area (Å²) in [5.74, 6) is -1.65. The lowest BCUT2D eigenvalue weighted by atomic mass is 10.1. The molecule has 0 bridgehead atoms. The zero-order valence-corrected chi connectivity index (χ0v) is 14.7. The van der Waals surface area contributed by atoms with E-state index in [1.165, 1.54) is 24.3 Å². The van der Waals surface area contributed by atoms with Crippen LogP contribution in [0.3, 0.4) is 0 Å². The smallest absolute Gasteiger partial charge is 0.342 e. The number of carbonyl (C=O) groups is 2. The average molecular weight is 389 g/mol. The zero-order chi connectivity index (χ0) is 17.9. The molecule has 0 aliphatic rings. The van der Waals surface area contributed by atoms with E-state index in [9.17, 15) is 14.7 Å². The van der Waals surface area contributed by atoms with Gasteiger partial charge in [-0.2, -0.15) is 0 Å². The van der Waals surface area contributed by atoms with Crippen molar-refractivity contribution in [2.75, 3.05) is 11.9 Å². The van der Waals surface area contributed by atoms with E-state index >= 15 is 0 Å². The second kappa shape index (κ2) is 7.75. The van der Waals surface area contributed by atoms with Gasteiger partial charge >= 0.3 is 5.97 Å². The van der Waals surface area contributed by atoms with E-state index in [1.54, 1.807) is 13.0 Å². The number of halogens is 3. The highest BCUT2D eigenvalue weighted by molar-refractivity contribution is 6.44. The lowest BCUT2D eigenvalue weighted by molar-refractivity contribution is -0.119. The number of aromatic hydroxyl groups is 1. The number of phenols is 1. The molecule has 0 atom stereocenters. The largest absolute Gasteiger partial charge is 0.507 e. The number of nitrogens with one attached hydrogen (secondary N) is 1. The van der Waals surface area contributed by atoms with Crippen LogP contribution < -0.4 is 5.32 Å². The van der Waals surface area contributed by atoms with E-state index in [0.29, 0.717) is 0 Å². The van der Waals surface area contributed by atoms with Crippen LogP contribution in [0.1, 0.15) is 15.9 Å². The van der Waals surface area contributed by atoms with E-state index < -0.39 is 18.5 Å². The molecule has 0 saturated heterocycles. The minimum Gasteiger partial charge on any atom is -0.507 e. The first-order valence-electron chi connectivity index (χ1n) is 6.69.